The average molecular weight is 298 g/mol. The summed E-state index contributed by atoms with van der Waals surface area (Å²) in [7, 11) is 1.54. The molecule has 22 heavy (non-hydrogen) atoms. The lowest BCUT2D eigenvalue weighted by Gasteiger charge is -2.19. The Bertz CT molecular complexity index is 686. The first kappa shape index (κ1) is 14.7. The molecule has 0 bridgehead atoms. The van der Waals surface area contributed by atoms with Gasteiger partial charge in [0.25, 0.3) is 0 Å². The summed E-state index contributed by atoms with van der Waals surface area (Å²) in [6, 6.07) is 9.08. The third kappa shape index (κ3) is 2.73. The molecule has 0 saturated carbocycles. The van der Waals surface area contributed by atoms with E-state index in [9.17, 15) is 10.2 Å². The minimum Gasteiger partial charge on any atom is -0.399 e. The van der Waals surface area contributed by atoms with Crippen molar-refractivity contribution >= 4 is 5.71 Å². The Morgan fingerprint density at radius 2 is 1.77 bits per heavy atom. The van der Waals surface area contributed by atoms with Gasteiger partial charge >= 0.3 is 0 Å². The first-order valence-electron chi connectivity index (χ1n) is 7.20. The highest BCUT2D eigenvalue weighted by Gasteiger charge is 2.24. The van der Waals surface area contributed by atoms with Crippen molar-refractivity contribution in [2.75, 3.05) is 7.11 Å². The van der Waals surface area contributed by atoms with Gasteiger partial charge in [-0.3, -0.25) is 4.98 Å². The number of oxime groups is 1. The Kier molecular flexibility index (Phi) is 4.18. The number of benzene rings is 1. The molecule has 3 rings (SSSR count). The van der Waals surface area contributed by atoms with Crippen LogP contribution in [0.3, 0.4) is 0 Å². The lowest BCUT2D eigenvalue weighted by Crippen LogP contribution is -2.11. The van der Waals surface area contributed by atoms with Gasteiger partial charge in [-0.2, -0.15) is 0 Å². The third-order valence-corrected chi connectivity index (χ3v) is 3.96. The lowest BCUT2D eigenvalue weighted by molar-refractivity contribution is 0.0171. The predicted octanol–water partition coefficient (Wildman–Crippen LogP) is 2.15. The van der Waals surface area contributed by atoms with E-state index in [0.29, 0.717) is 11.1 Å². The Morgan fingerprint density at radius 1 is 1.05 bits per heavy atom. The SMILES string of the molecule is CO/N=C1/CCc2cc([C@H](O)[C@H](O)c3ccncc3)ccc21. The number of rotatable bonds is 4. The van der Waals surface area contributed by atoms with Crippen LogP contribution in [0.25, 0.3) is 0 Å². The van der Waals surface area contributed by atoms with Crippen LogP contribution >= 0.6 is 0 Å². The smallest absolute Gasteiger partial charge is 0.109 e. The molecule has 2 aromatic rings. The van der Waals surface area contributed by atoms with E-state index in [4.69, 9.17) is 4.84 Å². The highest BCUT2D eigenvalue weighted by molar-refractivity contribution is 6.04. The molecule has 1 aromatic heterocycles. The van der Waals surface area contributed by atoms with E-state index in [1.54, 1.807) is 24.5 Å². The number of aliphatic hydroxyl groups is 2. The predicted molar refractivity (Wildman–Crippen MR) is 82.5 cm³/mol. The molecule has 2 N–H and O–H groups in total. The molecule has 114 valence electrons. The molecular weight excluding hydrogens is 280 g/mol. The van der Waals surface area contributed by atoms with Crippen molar-refractivity contribution in [2.24, 2.45) is 5.16 Å². The number of aromatic nitrogens is 1. The van der Waals surface area contributed by atoms with Crippen LogP contribution in [0, 0.1) is 0 Å². The Balaban J connectivity index is 1.86. The van der Waals surface area contributed by atoms with Crippen LogP contribution in [-0.2, 0) is 11.3 Å². The molecule has 1 heterocycles. The Hall–Kier alpha value is -2.24. The van der Waals surface area contributed by atoms with Gasteiger partial charge in [0.05, 0.1) is 5.71 Å². The highest BCUT2D eigenvalue weighted by Crippen LogP contribution is 2.32. The molecule has 0 unspecified atom stereocenters. The van der Waals surface area contributed by atoms with Gasteiger partial charge in [-0.05, 0) is 41.7 Å². The van der Waals surface area contributed by atoms with Gasteiger partial charge in [-0.1, -0.05) is 23.4 Å². The third-order valence-electron chi connectivity index (χ3n) is 3.96. The standard InChI is InChI=1S/C17H18N2O3/c1-22-19-15-5-3-12-10-13(2-4-14(12)15)17(21)16(20)11-6-8-18-9-7-11/h2,4,6-10,16-17,20-21H,3,5H2,1H3/b19-15-/t16-,17+/m1/s1. The summed E-state index contributed by atoms with van der Waals surface area (Å²) in [6.07, 6.45) is 2.94. The van der Waals surface area contributed by atoms with Crippen molar-refractivity contribution in [3.8, 4) is 0 Å². The number of aliphatic hydroxyl groups excluding tert-OH is 2. The second kappa shape index (κ2) is 6.25. The van der Waals surface area contributed by atoms with Crippen molar-refractivity contribution in [1.29, 1.82) is 0 Å². The highest BCUT2D eigenvalue weighted by atomic mass is 16.6. The first-order chi connectivity index (χ1) is 10.7. The van der Waals surface area contributed by atoms with E-state index in [2.05, 4.69) is 10.1 Å². The Morgan fingerprint density at radius 3 is 2.50 bits per heavy atom. The number of hydrogen-bond acceptors (Lipinski definition) is 5. The molecule has 0 amide bonds. The fourth-order valence-corrected chi connectivity index (χ4v) is 2.80. The lowest BCUT2D eigenvalue weighted by atomic mass is 9.96. The number of aryl methyl sites for hydroxylation is 1. The molecule has 0 spiro atoms. The van der Waals surface area contributed by atoms with Gasteiger partial charge in [-0.25, -0.2) is 0 Å². The average Bonchev–Trinajstić information content (AvgIpc) is 2.97. The number of hydrogen-bond donors (Lipinski definition) is 2. The zero-order valence-electron chi connectivity index (χ0n) is 12.3. The summed E-state index contributed by atoms with van der Waals surface area (Å²) >= 11 is 0. The Labute approximate surface area is 128 Å². The van der Waals surface area contributed by atoms with Crippen molar-refractivity contribution in [1.82, 2.24) is 4.98 Å². The maximum Gasteiger partial charge on any atom is 0.109 e. The van der Waals surface area contributed by atoms with Crippen LogP contribution in [0.5, 0.6) is 0 Å². The van der Waals surface area contributed by atoms with Crippen molar-refractivity contribution in [3.05, 3.63) is 65.0 Å². The summed E-state index contributed by atoms with van der Waals surface area (Å²) in [5.41, 5.74) is 4.44. The topological polar surface area (TPSA) is 74.9 Å². The van der Waals surface area contributed by atoms with Crippen LogP contribution < -0.4 is 0 Å². The second-order valence-electron chi connectivity index (χ2n) is 5.31. The molecule has 0 saturated heterocycles. The molecule has 0 radical (unpaired) electrons. The zero-order valence-corrected chi connectivity index (χ0v) is 12.3. The fourth-order valence-electron chi connectivity index (χ4n) is 2.80. The van der Waals surface area contributed by atoms with Crippen LogP contribution in [0.2, 0.25) is 0 Å². The summed E-state index contributed by atoms with van der Waals surface area (Å²) in [5, 5.41) is 24.7. The number of pyridine rings is 1. The summed E-state index contributed by atoms with van der Waals surface area (Å²) < 4.78 is 0. The summed E-state index contributed by atoms with van der Waals surface area (Å²) in [5.74, 6) is 0. The minimum absolute atomic E-state index is 0.643. The van der Waals surface area contributed by atoms with E-state index in [1.807, 2.05) is 18.2 Å². The molecular formula is C17H18N2O3. The van der Waals surface area contributed by atoms with E-state index in [-0.39, 0.29) is 0 Å². The molecule has 0 aliphatic heterocycles. The van der Waals surface area contributed by atoms with Crippen LogP contribution in [0.1, 0.15) is 40.9 Å². The molecule has 1 aromatic carbocycles. The first-order valence-corrected chi connectivity index (χ1v) is 7.20. The maximum absolute atomic E-state index is 10.4. The number of nitrogens with zero attached hydrogens (tertiary/aromatic N) is 2. The molecule has 5 nitrogen and oxygen atoms in total. The van der Waals surface area contributed by atoms with Crippen LogP contribution in [0.15, 0.2) is 47.9 Å². The van der Waals surface area contributed by atoms with Crippen molar-refractivity contribution in [2.45, 2.75) is 25.0 Å². The monoisotopic (exact) mass is 298 g/mol. The second-order valence-corrected chi connectivity index (χ2v) is 5.31. The van der Waals surface area contributed by atoms with E-state index in [1.165, 1.54) is 7.11 Å². The van der Waals surface area contributed by atoms with Crippen LogP contribution in [-0.4, -0.2) is 28.0 Å². The fraction of sp³-hybridized carbons (Fsp3) is 0.294. The maximum atomic E-state index is 10.4. The minimum atomic E-state index is -0.977. The van der Waals surface area contributed by atoms with Gasteiger partial charge in [0.1, 0.15) is 19.3 Å². The van der Waals surface area contributed by atoms with Gasteiger partial charge in [0.2, 0.25) is 0 Å². The summed E-state index contributed by atoms with van der Waals surface area (Å²) in [4.78, 5) is 8.76. The van der Waals surface area contributed by atoms with Crippen molar-refractivity contribution in [3.63, 3.8) is 0 Å². The van der Waals surface area contributed by atoms with E-state index < -0.39 is 12.2 Å². The van der Waals surface area contributed by atoms with Gasteiger partial charge in [-0.15, -0.1) is 0 Å². The zero-order chi connectivity index (χ0) is 15.5. The van der Waals surface area contributed by atoms with E-state index in [0.717, 1.165) is 29.7 Å². The molecule has 1 aliphatic carbocycles. The number of fused-ring (bicyclic) bond motifs is 1. The normalized spacial score (nSPS) is 18.0. The van der Waals surface area contributed by atoms with Gasteiger partial charge in [0.15, 0.2) is 0 Å². The summed E-state index contributed by atoms with van der Waals surface area (Å²) in [6.45, 7) is 0. The molecule has 1 aliphatic rings. The quantitative estimate of drug-likeness (QED) is 0.848. The van der Waals surface area contributed by atoms with Gasteiger partial charge < -0.3 is 15.1 Å². The van der Waals surface area contributed by atoms with Crippen molar-refractivity contribution < 1.29 is 15.1 Å². The molecule has 2 atom stereocenters. The molecule has 0 fully saturated rings. The van der Waals surface area contributed by atoms with E-state index >= 15 is 0 Å². The largest absolute Gasteiger partial charge is 0.399 e. The molecule has 5 heteroatoms. The van der Waals surface area contributed by atoms with Gasteiger partial charge in [0, 0.05) is 18.0 Å². The van der Waals surface area contributed by atoms with Crippen LogP contribution in [0.4, 0.5) is 0 Å².